The van der Waals surface area contributed by atoms with Crippen molar-refractivity contribution < 1.29 is 18.7 Å². The SMILES string of the molecule is O=C(C=Cc1ccccc1F)N1CCN(C(=O)COc2ccc(Cl)cc2)CC1. The molecule has 0 saturated carbocycles. The number of carbonyl (C=O) groups is 2. The van der Waals surface area contributed by atoms with E-state index in [9.17, 15) is 14.0 Å². The minimum absolute atomic E-state index is 0.0667. The molecule has 0 radical (unpaired) electrons. The van der Waals surface area contributed by atoms with Gasteiger partial charge in [0.15, 0.2) is 6.61 Å². The summed E-state index contributed by atoms with van der Waals surface area (Å²) in [6, 6.07) is 13.1. The molecule has 0 unspecified atom stereocenters. The van der Waals surface area contributed by atoms with Gasteiger partial charge in [0.25, 0.3) is 5.91 Å². The van der Waals surface area contributed by atoms with Crippen molar-refractivity contribution in [1.82, 2.24) is 9.80 Å². The number of benzene rings is 2. The van der Waals surface area contributed by atoms with E-state index >= 15 is 0 Å². The zero-order valence-electron chi connectivity index (χ0n) is 15.2. The minimum atomic E-state index is -0.373. The summed E-state index contributed by atoms with van der Waals surface area (Å²) in [6.07, 6.45) is 2.83. The van der Waals surface area contributed by atoms with Crippen LogP contribution < -0.4 is 4.74 Å². The lowest BCUT2D eigenvalue weighted by atomic mass is 10.2. The molecular weight excluding hydrogens is 383 g/mol. The van der Waals surface area contributed by atoms with Crippen LogP contribution in [0.15, 0.2) is 54.6 Å². The summed E-state index contributed by atoms with van der Waals surface area (Å²) in [4.78, 5) is 27.9. The Labute approximate surface area is 168 Å². The van der Waals surface area contributed by atoms with Gasteiger partial charge in [-0.3, -0.25) is 9.59 Å². The highest BCUT2D eigenvalue weighted by Crippen LogP contribution is 2.16. The van der Waals surface area contributed by atoms with Gasteiger partial charge in [0.1, 0.15) is 11.6 Å². The van der Waals surface area contributed by atoms with Crippen LogP contribution in [0.3, 0.4) is 0 Å². The number of hydrogen-bond acceptors (Lipinski definition) is 3. The molecule has 2 amide bonds. The Morgan fingerprint density at radius 2 is 1.64 bits per heavy atom. The van der Waals surface area contributed by atoms with Crippen molar-refractivity contribution in [2.75, 3.05) is 32.8 Å². The molecule has 1 aliphatic rings. The molecule has 0 N–H and O–H groups in total. The minimum Gasteiger partial charge on any atom is -0.484 e. The van der Waals surface area contributed by atoms with E-state index in [0.717, 1.165) is 0 Å². The van der Waals surface area contributed by atoms with E-state index in [0.29, 0.717) is 42.5 Å². The molecule has 1 fully saturated rings. The van der Waals surface area contributed by atoms with Crippen molar-refractivity contribution in [3.63, 3.8) is 0 Å². The first-order valence-corrected chi connectivity index (χ1v) is 9.28. The second kappa shape index (κ2) is 9.37. The molecular formula is C21H20ClFN2O3. The fraction of sp³-hybridized carbons (Fsp3) is 0.238. The molecule has 7 heteroatoms. The van der Waals surface area contributed by atoms with E-state index in [1.54, 1.807) is 52.3 Å². The number of nitrogens with zero attached hydrogens (tertiary/aromatic N) is 2. The highest BCUT2D eigenvalue weighted by atomic mass is 35.5. The third-order valence-corrected chi connectivity index (χ3v) is 4.68. The zero-order valence-corrected chi connectivity index (χ0v) is 15.9. The van der Waals surface area contributed by atoms with Gasteiger partial charge >= 0.3 is 0 Å². The van der Waals surface area contributed by atoms with Crippen molar-refractivity contribution in [2.24, 2.45) is 0 Å². The highest BCUT2D eigenvalue weighted by Gasteiger charge is 2.23. The predicted molar refractivity (Wildman–Crippen MR) is 106 cm³/mol. The van der Waals surface area contributed by atoms with Crippen LogP contribution >= 0.6 is 11.6 Å². The monoisotopic (exact) mass is 402 g/mol. The van der Waals surface area contributed by atoms with Gasteiger partial charge < -0.3 is 14.5 Å². The van der Waals surface area contributed by atoms with Crippen molar-refractivity contribution in [2.45, 2.75) is 0 Å². The first kappa shape index (κ1) is 19.9. The summed E-state index contributed by atoms with van der Waals surface area (Å²) >= 11 is 5.81. The molecule has 3 rings (SSSR count). The molecule has 146 valence electrons. The molecule has 28 heavy (non-hydrogen) atoms. The quantitative estimate of drug-likeness (QED) is 0.721. The average Bonchev–Trinajstić information content (AvgIpc) is 2.72. The summed E-state index contributed by atoms with van der Waals surface area (Å²) in [5, 5.41) is 0.600. The number of rotatable bonds is 5. The van der Waals surface area contributed by atoms with Crippen LogP contribution in [-0.4, -0.2) is 54.4 Å². The smallest absolute Gasteiger partial charge is 0.260 e. The van der Waals surface area contributed by atoms with Gasteiger partial charge in [-0.15, -0.1) is 0 Å². The molecule has 1 aliphatic heterocycles. The van der Waals surface area contributed by atoms with Crippen LogP contribution in [0, 0.1) is 5.82 Å². The lowest BCUT2D eigenvalue weighted by Crippen LogP contribution is -2.51. The van der Waals surface area contributed by atoms with E-state index in [-0.39, 0.29) is 24.2 Å². The molecule has 2 aromatic carbocycles. The largest absolute Gasteiger partial charge is 0.484 e. The maximum atomic E-state index is 13.6. The standard InChI is InChI=1S/C21H20ClFN2O3/c22-17-6-8-18(9-7-17)28-15-21(27)25-13-11-24(12-14-25)20(26)10-5-16-3-1-2-4-19(16)23/h1-10H,11-15H2. The van der Waals surface area contributed by atoms with Crippen LogP contribution in [-0.2, 0) is 9.59 Å². The molecule has 0 bridgehead atoms. The summed E-state index contributed by atoms with van der Waals surface area (Å²) in [6.45, 7) is 1.65. The van der Waals surface area contributed by atoms with Gasteiger partial charge in [0.2, 0.25) is 5.91 Å². The van der Waals surface area contributed by atoms with Crippen molar-refractivity contribution >= 4 is 29.5 Å². The molecule has 1 saturated heterocycles. The summed E-state index contributed by atoms with van der Waals surface area (Å²) in [7, 11) is 0. The average molecular weight is 403 g/mol. The van der Waals surface area contributed by atoms with E-state index in [1.165, 1.54) is 18.2 Å². The second-order valence-electron chi connectivity index (χ2n) is 6.30. The van der Waals surface area contributed by atoms with Gasteiger partial charge in [-0.1, -0.05) is 29.8 Å². The van der Waals surface area contributed by atoms with Crippen molar-refractivity contribution in [1.29, 1.82) is 0 Å². The zero-order chi connectivity index (χ0) is 19.9. The Morgan fingerprint density at radius 1 is 1.00 bits per heavy atom. The Kier molecular flexibility index (Phi) is 6.66. The molecule has 0 atom stereocenters. The highest BCUT2D eigenvalue weighted by molar-refractivity contribution is 6.30. The Morgan fingerprint density at radius 3 is 2.32 bits per heavy atom. The molecule has 1 heterocycles. The molecule has 0 spiro atoms. The Bertz CT molecular complexity index is 862. The lowest BCUT2D eigenvalue weighted by molar-refractivity contribution is -0.138. The Hall–Kier alpha value is -2.86. The number of amides is 2. The van der Waals surface area contributed by atoms with Gasteiger partial charge in [-0.2, -0.15) is 0 Å². The van der Waals surface area contributed by atoms with Gasteiger partial charge in [0.05, 0.1) is 0 Å². The fourth-order valence-corrected chi connectivity index (χ4v) is 2.95. The van der Waals surface area contributed by atoms with E-state index in [1.807, 2.05) is 0 Å². The van der Waals surface area contributed by atoms with Crippen LogP contribution in [0.25, 0.3) is 6.08 Å². The van der Waals surface area contributed by atoms with Crippen molar-refractivity contribution in [3.8, 4) is 5.75 Å². The van der Waals surface area contributed by atoms with E-state index < -0.39 is 0 Å². The van der Waals surface area contributed by atoms with E-state index in [4.69, 9.17) is 16.3 Å². The summed E-state index contributed by atoms with van der Waals surface area (Å²) < 4.78 is 19.1. The van der Waals surface area contributed by atoms with Gasteiger partial charge in [0, 0.05) is 42.8 Å². The molecule has 2 aromatic rings. The lowest BCUT2D eigenvalue weighted by Gasteiger charge is -2.34. The summed E-state index contributed by atoms with van der Waals surface area (Å²) in [5.41, 5.74) is 0.365. The maximum absolute atomic E-state index is 13.6. The first-order chi connectivity index (χ1) is 13.5. The maximum Gasteiger partial charge on any atom is 0.260 e. The van der Waals surface area contributed by atoms with Gasteiger partial charge in [-0.05, 0) is 36.4 Å². The summed E-state index contributed by atoms with van der Waals surface area (Å²) in [5.74, 6) is -0.135. The number of halogens is 2. The number of hydrogen-bond donors (Lipinski definition) is 0. The number of ether oxygens (including phenoxy) is 1. The van der Waals surface area contributed by atoms with E-state index in [2.05, 4.69) is 0 Å². The third-order valence-electron chi connectivity index (χ3n) is 4.43. The van der Waals surface area contributed by atoms with Crippen molar-refractivity contribution in [3.05, 3.63) is 71.0 Å². The molecule has 0 aliphatic carbocycles. The Balaban J connectivity index is 1.45. The first-order valence-electron chi connectivity index (χ1n) is 8.90. The third kappa shape index (κ3) is 5.33. The second-order valence-corrected chi connectivity index (χ2v) is 6.74. The fourth-order valence-electron chi connectivity index (χ4n) is 2.82. The van der Waals surface area contributed by atoms with Crippen LogP contribution in [0.1, 0.15) is 5.56 Å². The molecule has 0 aromatic heterocycles. The van der Waals surface area contributed by atoms with Crippen LogP contribution in [0.2, 0.25) is 5.02 Å². The number of carbonyl (C=O) groups excluding carboxylic acids is 2. The van der Waals surface area contributed by atoms with Crippen LogP contribution in [0.5, 0.6) is 5.75 Å². The topological polar surface area (TPSA) is 49.9 Å². The molecule has 5 nitrogen and oxygen atoms in total. The van der Waals surface area contributed by atoms with Gasteiger partial charge in [-0.25, -0.2) is 4.39 Å². The van der Waals surface area contributed by atoms with Crippen LogP contribution in [0.4, 0.5) is 4.39 Å². The normalized spacial score (nSPS) is 14.4. The number of piperazine rings is 1. The predicted octanol–water partition coefficient (Wildman–Crippen LogP) is 3.24.